The maximum atomic E-state index is 12.4. The number of amides is 3. The SMILES string of the molecule is CCC(=O)Nc1ccc(-n2c(N)c3c(cc2=O)C(=O)NC3=O)cc1OC. The second kappa shape index (κ2) is 6.36. The number of nitrogen functional groups attached to an aromatic ring is 1. The summed E-state index contributed by atoms with van der Waals surface area (Å²) in [4.78, 5) is 47.7. The molecule has 1 aliphatic rings. The van der Waals surface area contributed by atoms with Crippen LogP contribution in [0.4, 0.5) is 11.5 Å². The van der Waals surface area contributed by atoms with E-state index < -0.39 is 17.4 Å². The van der Waals surface area contributed by atoms with Crippen molar-refractivity contribution >= 4 is 29.2 Å². The predicted molar refractivity (Wildman–Crippen MR) is 93.7 cm³/mol. The third kappa shape index (κ3) is 2.69. The molecule has 1 aromatic heterocycles. The average molecular weight is 356 g/mol. The number of hydrogen-bond donors (Lipinski definition) is 3. The van der Waals surface area contributed by atoms with Crippen LogP contribution >= 0.6 is 0 Å². The van der Waals surface area contributed by atoms with Gasteiger partial charge in [-0.1, -0.05) is 6.92 Å². The molecule has 0 saturated heterocycles. The minimum Gasteiger partial charge on any atom is -0.494 e. The quantitative estimate of drug-likeness (QED) is 0.689. The number of nitrogens with zero attached hydrogens (tertiary/aromatic N) is 1. The Morgan fingerprint density at radius 2 is 1.96 bits per heavy atom. The fraction of sp³-hybridized carbons (Fsp3) is 0.176. The summed E-state index contributed by atoms with van der Waals surface area (Å²) in [5, 5.41) is 4.79. The highest BCUT2D eigenvalue weighted by atomic mass is 16.5. The average Bonchev–Trinajstić information content (AvgIpc) is 2.89. The second-order valence-electron chi connectivity index (χ2n) is 5.56. The summed E-state index contributed by atoms with van der Waals surface area (Å²) in [6, 6.07) is 5.67. The van der Waals surface area contributed by atoms with Crippen LogP contribution in [0.3, 0.4) is 0 Å². The van der Waals surface area contributed by atoms with Crippen molar-refractivity contribution < 1.29 is 19.1 Å². The Labute approximate surface area is 147 Å². The largest absolute Gasteiger partial charge is 0.494 e. The Kier molecular flexibility index (Phi) is 4.21. The zero-order valence-electron chi connectivity index (χ0n) is 14.1. The van der Waals surface area contributed by atoms with E-state index in [1.807, 2.05) is 0 Å². The molecule has 4 N–H and O–H groups in total. The summed E-state index contributed by atoms with van der Waals surface area (Å²) >= 11 is 0. The van der Waals surface area contributed by atoms with Crippen molar-refractivity contribution in [1.82, 2.24) is 9.88 Å². The van der Waals surface area contributed by atoms with E-state index in [9.17, 15) is 19.2 Å². The Morgan fingerprint density at radius 1 is 1.23 bits per heavy atom. The standard InChI is InChI=1S/C17H16N4O5/c1-3-12(22)19-10-5-4-8(6-11(10)26-2)21-13(23)7-9-14(15(21)18)17(25)20-16(9)24/h4-7H,3,18H2,1-2H3,(H,19,22)(H,20,24,25). The number of carbonyl (C=O) groups excluding carboxylic acids is 3. The van der Waals surface area contributed by atoms with Gasteiger partial charge in [0.15, 0.2) is 0 Å². The lowest BCUT2D eigenvalue weighted by Crippen LogP contribution is -2.24. The molecule has 1 aromatic carbocycles. The number of imide groups is 1. The minimum atomic E-state index is -0.657. The number of aromatic nitrogens is 1. The molecule has 0 atom stereocenters. The van der Waals surface area contributed by atoms with Crippen molar-refractivity contribution in [2.75, 3.05) is 18.2 Å². The molecule has 134 valence electrons. The lowest BCUT2D eigenvalue weighted by Gasteiger charge is -2.15. The van der Waals surface area contributed by atoms with Crippen LogP contribution in [-0.4, -0.2) is 29.4 Å². The zero-order valence-corrected chi connectivity index (χ0v) is 14.1. The normalized spacial score (nSPS) is 12.5. The highest BCUT2D eigenvalue weighted by molar-refractivity contribution is 6.23. The van der Waals surface area contributed by atoms with Crippen LogP contribution < -0.4 is 26.7 Å². The third-order valence-corrected chi connectivity index (χ3v) is 3.99. The van der Waals surface area contributed by atoms with Crippen LogP contribution in [0.15, 0.2) is 29.1 Å². The number of hydrogen-bond acceptors (Lipinski definition) is 6. The molecular weight excluding hydrogens is 340 g/mol. The lowest BCUT2D eigenvalue weighted by atomic mass is 10.1. The van der Waals surface area contributed by atoms with E-state index in [1.165, 1.54) is 13.2 Å². The van der Waals surface area contributed by atoms with Gasteiger partial charge in [-0.3, -0.25) is 29.1 Å². The molecule has 2 heterocycles. The van der Waals surface area contributed by atoms with E-state index in [2.05, 4.69) is 10.6 Å². The van der Waals surface area contributed by atoms with Gasteiger partial charge in [-0.15, -0.1) is 0 Å². The summed E-state index contributed by atoms with van der Waals surface area (Å²) < 4.78 is 6.36. The topological polar surface area (TPSA) is 133 Å². The van der Waals surface area contributed by atoms with Crippen LogP contribution in [0.5, 0.6) is 5.75 Å². The molecular formula is C17H16N4O5. The molecule has 9 heteroatoms. The van der Waals surface area contributed by atoms with Gasteiger partial charge in [0.2, 0.25) is 5.91 Å². The molecule has 1 aliphatic heterocycles. The Morgan fingerprint density at radius 3 is 2.62 bits per heavy atom. The smallest absolute Gasteiger partial charge is 0.262 e. The van der Waals surface area contributed by atoms with E-state index in [0.717, 1.165) is 10.6 Å². The first-order chi connectivity index (χ1) is 12.4. The van der Waals surface area contributed by atoms with Crippen molar-refractivity contribution in [1.29, 1.82) is 0 Å². The number of fused-ring (bicyclic) bond motifs is 1. The van der Waals surface area contributed by atoms with Gasteiger partial charge in [-0.25, -0.2) is 0 Å². The van der Waals surface area contributed by atoms with Crippen LogP contribution in [-0.2, 0) is 4.79 Å². The number of benzene rings is 1. The summed E-state index contributed by atoms with van der Waals surface area (Å²) in [5.41, 5.74) is 6.09. The van der Waals surface area contributed by atoms with Crippen LogP contribution in [0, 0.1) is 0 Å². The highest BCUT2D eigenvalue weighted by Gasteiger charge is 2.31. The molecule has 2 aromatic rings. The monoisotopic (exact) mass is 356 g/mol. The number of anilines is 2. The molecule has 0 saturated carbocycles. The van der Waals surface area contributed by atoms with Crippen LogP contribution in [0.2, 0.25) is 0 Å². The highest BCUT2D eigenvalue weighted by Crippen LogP contribution is 2.29. The molecule has 26 heavy (non-hydrogen) atoms. The van der Waals surface area contributed by atoms with Crippen molar-refractivity contribution in [3.05, 3.63) is 45.7 Å². The van der Waals surface area contributed by atoms with E-state index in [0.29, 0.717) is 23.5 Å². The number of carbonyl (C=O) groups is 3. The van der Waals surface area contributed by atoms with Gasteiger partial charge in [-0.2, -0.15) is 0 Å². The van der Waals surface area contributed by atoms with Crippen molar-refractivity contribution in [2.24, 2.45) is 0 Å². The van der Waals surface area contributed by atoms with E-state index in [1.54, 1.807) is 19.1 Å². The number of nitrogens with two attached hydrogens (primary N) is 1. The fourth-order valence-electron chi connectivity index (χ4n) is 2.71. The number of rotatable bonds is 4. The Balaban J connectivity index is 2.15. The lowest BCUT2D eigenvalue weighted by molar-refractivity contribution is -0.115. The van der Waals surface area contributed by atoms with Crippen molar-refractivity contribution in [2.45, 2.75) is 13.3 Å². The maximum absolute atomic E-state index is 12.4. The molecule has 0 bridgehead atoms. The van der Waals surface area contributed by atoms with Gasteiger partial charge in [0.05, 0.1) is 29.6 Å². The first kappa shape index (κ1) is 17.2. The summed E-state index contributed by atoms with van der Waals surface area (Å²) in [6.45, 7) is 1.72. The first-order valence-electron chi connectivity index (χ1n) is 7.76. The molecule has 3 amide bonds. The minimum absolute atomic E-state index is 0.0445. The van der Waals surface area contributed by atoms with Gasteiger partial charge < -0.3 is 15.8 Å². The molecule has 0 spiro atoms. The molecule has 3 rings (SSSR count). The summed E-state index contributed by atoms with van der Waals surface area (Å²) in [6.07, 6.45) is 0.297. The first-order valence-corrected chi connectivity index (χ1v) is 7.76. The van der Waals surface area contributed by atoms with Crippen molar-refractivity contribution in [3.8, 4) is 11.4 Å². The number of pyridine rings is 1. The number of ether oxygens (including phenoxy) is 1. The van der Waals surface area contributed by atoms with Gasteiger partial charge in [0.25, 0.3) is 17.4 Å². The van der Waals surface area contributed by atoms with Crippen molar-refractivity contribution in [3.63, 3.8) is 0 Å². The molecule has 0 fully saturated rings. The van der Waals surface area contributed by atoms with E-state index >= 15 is 0 Å². The molecule has 0 unspecified atom stereocenters. The Hall–Kier alpha value is -3.62. The van der Waals surface area contributed by atoms with E-state index in [-0.39, 0.29) is 22.9 Å². The van der Waals surface area contributed by atoms with Gasteiger partial charge in [-0.05, 0) is 12.1 Å². The maximum Gasteiger partial charge on any atom is 0.262 e. The summed E-state index contributed by atoms with van der Waals surface area (Å²) in [7, 11) is 1.42. The number of methoxy groups -OCH3 is 1. The third-order valence-electron chi connectivity index (χ3n) is 3.99. The second-order valence-corrected chi connectivity index (χ2v) is 5.56. The summed E-state index contributed by atoms with van der Waals surface area (Å²) in [5.74, 6) is -1.34. The molecule has 0 aliphatic carbocycles. The Bertz CT molecular complexity index is 1010. The van der Waals surface area contributed by atoms with Gasteiger partial charge >= 0.3 is 0 Å². The van der Waals surface area contributed by atoms with Gasteiger partial charge in [0.1, 0.15) is 11.6 Å². The zero-order chi connectivity index (χ0) is 19.0. The molecule has 9 nitrogen and oxygen atoms in total. The van der Waals surface area contributed by atoms with Crippen LogP contribution in [0.1, 0.15) is 34.1 Å². The van der Waals surface area contributed by atoms with Gasteiger partial charge in [0, 0.05) is 18.6 Å². The van der Waals surface area contributed by atoms with E-state index in [4.69, 9.17) is 10.5 Å². The predicted octanol–water partition coefficient (Wildman–Crippen LogP) is 0.660. The fourth-order valence-corrected chi connectivity index (χ4v) is 2.71. The molecule has 0 radical (unpaired) electrons. The number of nitrogens with one attached hydrogen (secondary N) is 2. The van der Waals surface area contributed by atoms with Crippen LogP contribution in [0.25, 0.3) is 5.69 Å².